The molecule has 2 aromatic carbocycles. The standard InChI is InChI=1S/C21H20N2O4/c1-13-7-9-15(10-8-13)12-22-19(24)14(2)27-21(26)18-11-16-5-3-4-6-17(16)20(25)23-18/h3-11,14H,12H2,1-2H3,(H,22,24)(H,23,25)/t14-/m1/s1. The molecule has 138 valence electrons. The van der Waals surface area contributed by atoms with Crippen LogP contribution in [0.1, 0.15) is 28.5 Å². The molecule has 1 heterocycles. The van der Waals surface area contributed by atoms with Gasteiger partial charge in [-0.15, -0.1) is 0 Å². The summed E-state index contributed by atoms with van der Waals surface area (Å²) in [5.41, 5.74) is 1.72. The first-order valence-electron chi connectivity index (χ1n) is 8.60. The number of aryl methyl sites for hydroxylation is 1. The molecule has 2 N–H and O–H groups in total. The number of rotatable bonds is 5. The van der Waals surface area contributed by atoms with Crippen molar-refractivity contribution in [1.82, 2.24) is 10.3 Å². The number of nitrogens with one attached hydrogen (secondary N) is 2. The smallest absolute Gasteiger partial charge is 0.355 e. The lowest BCUT2D eigenvalue weighted by Gasteiger charge is -2.14. The highest BCUT2D eigenvalue weighted by Crippen LogP contribution is 2.11. The highest BCUT2D eigenvalue weighted by Gasteiger charge is 2.19. The van der Waals surface area contributed by atoms with Crippen LogP contribution >= 0.6 is 0 Å². The van der Waals surface area contributed by atoms with Crippen LogP contribution in [0.4, 0.5) is 0 Å². The number of carbonyl (C=O) groups excluding carboxylic acids is 2. The van der Waals surface area contributed by atoms with Gasteiger partial charge in [-0.3, -0.25) is 9.59 Å². The lowest BCUT2D eigenvalue weighted by Crippen LogP contribution is -2.35. The molecule has 1 aromatic heterocycles. The summed E-state index contributed by atoms with van der Waals surface area (Å²) in [6.07, 6.45) is -0.988. The number of aromatic nitrogens is 1. The van der Waals surface area contributed by atoms with E-state index in [1.807, 2.05) is 31.2 Å². The number of benzene rings is 2. The summed E-state index contributed by atoms with van der Waals surface area (Å²) in [6.45, 7) is 3.82. The van der Waals surface area contributed by atoms with Crippen molar-refractivity contribution in [2.45, 2.75) is 26.5 Å². The van der Waals surface area contributed by atoms with Crippen molar-refractivity contribution in [1.29, 1.82) is 0 Å². The third kappa shape index (κ3) is 4.41. The third-order valence-corrected chi connectivity index (χ3v) is 4.21. The first-order chi connectivity index (χ1) is 12.9. The number of ether oxygens (including phenoxy) is 1. The summed E-state index contributed by atoms with van der Waals surface area (Å²) in [7, 11) is 0. The van der Waals surface area contributed by atoms with E-state index in [0.29, 0.717) is 17.3 Å². The summed E-state index contributed by atoms with van der Waals surface area (Å²) in [5, 5.41) is 3.84. The van der Waals surface area contributed by atoms with Crippen molar-refractivity contribution in [2.75, 3.05) is 0 Å². The summed E-state index contributed by atoms with van der Waals surface area (Å²) in [4.78, 5) is 39.0. The number of fused-ring (bicyclic) bond motifs is 1. The van der Waals surface area contributed by atoms with Crippen LogP contribution in [0, 0.1) is 6.92 Å². The van der Waals surface area contributed by atoms with Crippen molar-refractivity contribution < 1.29 is 14.3 Å². The first kappa shape index (κ1) is 18.4. The molecule has 0 aliphatic rings. The summed E-state index contributed by atoms with van der Waals surface area (Å²) in [6, 6.07) is 16.2. The second-order valence-electron chi connectivity index (χ2n) is 6.35. The number of pyridine rings is 1. The monoisotopic (exact) mass is 364 g/mol. The molecule has 0 aliphatic carbocycles. The number of hydrogen-bond donors (Lipinski definition) is 2. The Hall–Kier alpha value is -3.41. The molecular weight excluding hydrogens is 344 g/mol. The normalized spacial score (nSPS) is 11.8. The molecule has 1 amide bonds. The molecule has 3 rings (SSSR count). The molecule has 0 radical (unpaired) electrons. The molecule has 0 spiro atoms. The third-order valence-electron chi connectivity index (χ3n) is 4.21. The number of carbonyl (C=O) groups is 2. The van der Waals surface area contributed by atoms with E-state index in [1.165, 1.54) is 13.0 Å². The van der Waals surface area contributed by atoms with Crippen molar-refractivity contribution in [3.63, 3.8) is 0 Å². The van der Waals surface area contributed by atoms with Crippen LogP contribution in [0.5, 0.6) is 0 Å². The lowest BCUT2D eigenvalue weighted by molar-refractivity contribution is -0.129. The van der Waals surface area contributed by atoms with Crippen LogP contribution in [0.2, 0.25) is 0 Å². The van der Waals surface area contributed by atoms with Crippen molar-refractivity contribution >= 4 is 22.6 Å². The lowest BCUT2D eigenvalue weighted by atomic mass is 10.1. The summed E-state index contributed by atoms with van der Waals surface area (Å²) >= 11 is 0. The van der Waals surface area contributed by atoms with E-state index in [1.54, 1.807) is 24.3 Å². The van der Waals surface area contributed by atoms with Crippen molar-refractivity contribution in [3.8, 4) is 0 Å². The van der Waals surface area contributed by atoms with Gasteiger partial charge in [0.2, 0.25) is 0 Å². The van der Waals surface area contributed by atoms with E-state index in [0.717, 1.165) is 11.1 Å². The fraction of sp³-hybridized carbons (Fsp3) is 0.190. The topological polar surface area (TPSA) is 88.3 Å². The number of hydrogen-bond acceptors (Lipinski definition) is 4. The molecule has 0 unspecified atom stereocenters. The second-order valence-corrected chi connectivity index (χ2v) is 6.35. The zero-order valence-corrected chi connectivity index (χ0v) is 15.1. The number of H-pyrrole nitrogens is 1. The largest absolute Gasteiger partial charge is 0.448 e. The average molecular weight is 364 g/mol. The quantitative estimate of drug-likeness (QED) is 0.682. The fourth-order valence-electron chi connectivity index (χ4n) is 2.64. The minimum atomic E-state index is -0.988. The zero-order valence-electron chi connectivity index (χ0n) is 15.1. The van der Waals surface area contributed by atoms with Gasteiger partial charge in [0.15, 0.2) is 6.10 Å². The van der Waals surface area contributed by atoms with Crippen LogP contribution in [-0.2, 0) is 16.1 Å². The van der Waals surface area contributed by atoms with E-state index in [-0.39, 0.29) is 11.3 Å². The molecule has 1 atom stereocenters. The van der Waals surface area contributed by atoms with Gasteiger partial charge in [-0.25, -0.2) is 4.79 Å². The zero-order chi connectivity index (χ0) is 19.4. The molecule has 0 aliphatic heterocycles. The van der Waals surface area contributed by atoms with Gasteiger partial charge in [-0.1, -0.05) is 48.0 Å². The van der Waals surface area contributed by atoms with E-state index in [9.17, 15) is 14.4 Å². The van der Waals surface area contributed by atoms with Crippen LogP contribution in [0.15, 0.2) is 59.4 Å². The summed E-state index contributed by atoms with van der Waals surface area (Å²) in [5.74, 6) is -1.16. The van der Waals surface area contributed by atoms with Crippen LogP contribution in [0.25, 0.3) is 10.8 Å². The highest BCUT2D eigenvalue weighted by molar-refractivity contribution is 5.94. The predicted molar refractivity (Wildman–Crippen MR) is 102 cm³/mol. The van der Waals surface area contributed by atoms with Gasteiger partial charge < -0.3 is 15.0 Å². The molecular formula is C21H20N2O4. The molecule has 0 saturated carbocycles. The van der Waals surface area contributed by atoms with E-state index in [2.05, 4.69) is 10.3 Å². The van der Waals surface area contributed by atoms with Gasteiger partial charge in [-0.2, -0.15) is 0 Å². The Morgan fingerprint density at radius 2 is 1.81 bits per heavy atom. The first-order valence-corrected chi connectivity index (χ1v) is 8.60. The highest BCUT2D eigenvalue weighted by atomic mass is 16.5. The number of esters is 1. The minimum Gasteiger partial charge on any atom is -0.448 e. The molecule has 0 fully saturated rings. The molecule has 0 bridgehead atoms. The maximum absolute atomic E-state index is 12.3. The van der Waals surface area contributed by atoms with Gasteiger partial charge in [0.25, 0.3) is 11.5 Å². The SMILES string of the molecule is Cc1ccc(CNC(=O)[C@@H](C)OC(=O)c2cc3ccccc3c(=O)[nH]2)cc1. The van der Waals surface area contributed by atoms with Gasteiger partial charge in [0.1, 0.15) is 5.69 Å². The minimum absolute atomic E-state index is 0.0110. The Morgan fingerprint density at radius 1 is 1.11 bits per heavy atom. The Labute approximate surface area is 156 Å². The molecule has 0 saturated heterocycles. The molecule has 6 nitrogen and oxygen atoms in total. The number of aromatic amines is 1. The second kappa shape index (κ2) is 7.86. The van der Waals surface area contributed by atoms with E-state index >= 15 is 0 Å². The van der Waals surface area contributed by atoms with E-state index in [4.69, 9.17) is 4.74 Å². The van der Waals surface area contributed by atoms with Gasteiger partial charge in [0, 0.05) is 11.9 Å². The Kier molecular flexibility index (Phi) is 5.35. The maximum atomic E-state index is 12.3. The van der Waals surface area contributed by atoms with Crippen LogP contribution in [-0.4, -0.2) is 23.0 Å². The molecule has 6 heteroatoms. The van der Waals surface area contributed by atoms with Gasteiger partial charge >= 0.3 is 5.97 Å². The van der Waals surface area contributed by atoms with Crippen molar-refractivity contribution in [2.24, 2.45) is 0 Å². The summed E-state index contributed by atoms with van der Waals surface area (Å²) < 4.78 is 5.19. The number of amides is 1. The maximum Gasteiger partial charge on any atom is 0.355 e. The predicted octanol–water partition coefficient (Wildman–Crippen LogP) is 2.70. The Balaban J connectivity index is 1.63. The van der Waals surface area contributed by atoms with Crippen molar-refractivity contribution in [3.05, 3.63) is 81.8 Å². The molecule has 3 aromatic rings. The van der Waals surface area contributed by atoms with E-state index < -0.39 is 18.0 Å². The van der Waals surface area contributed by atoms with Crippen LogP contribution < -0.4 is 10.9 Å². The van der Waals surface area contributed by atoms with Gasteiger partial charge in [0.05, 0.1) is 0 Å². The fourth-order valence-corrected chi connectivity index (χ4v) is 2.64. The Morgan fingerprint density at radius 3 is 2.56 bits per heavy atom. The van der Waals surface area contributed by atoms with Gasteiger partial charge in [-0.05, 0) is 36.9 Å². The molecule has 27 heavy (non-hydrogen) atoms. The van der Waals surface area contributed by atoms with Crippen LogP contribution in [0.3, 0.4) is 0 Å². The Bertz CT molecular complexity index is 1040. The average Bonchev–Trinajstić information content (AvgIpc) is 2.67.